The Morgan fingerprint density at radius 3 is 2.69 bits per heavy atom. The molecular weight excluding hydrogens is 210 g/mol. The Kier molecular flexibility index (Phi) is 3.87. The van der Waals surface area contributed by atoms with E-state index in [1.807, 2.05) is 13.8 Å². The molecule has 6 heteroatoms. The summed E-state index contributed by atoms with van der Waals surface area (Å²) in [6, 6.07) is 0. The van der Waals surface area contributed by atoms with Gasteiger partial charge in [-0.05, 0) is 18.5 Å². The van der Waals surface area contributed by atoms with Crippen LogP contribution in [0.15, 0.2) is 0 Å². The molecule has 0 aliphatic rings. The van der Waals surface area contributed by atoms with Gasteiger partial charge >= 0.3 is 0 Å². The van der Waals surface area contributed by atoms with Crippen LogP contribution in [0.1, 0.15) is 12.7 Å². The number of nitrogens with zero attached hydrogens (tertiary/aromatic N) is 3. The van der Waals surface area contributed by atoms with Gasteiger partial charge in [0, 0.05) is 28.9 Å². The first kappa shape index (κ1) is 10.7. The molecule has 0 saturated heterocycles. The maximum absolute atomic E-state index is 11.1. The lowest BCUT2D eigenvalue weighted by Gasteiger charge is -2.03. The topological polar surface area (TPSA) is 47.8 Å². The summed E-state index contributed by atoms with van der Waals surface area (Å²) in [5.41, 5.74) is 0. The SMILES string of the molecule is CCS(=O)CCn1c(C)nnc1Cl. The van der Waals surface area contributed by atoms with Crippen LogP contribution in [0.2, 0.25) is 5.28 Å². The van der Waals surface area contributed by atoms with Crippen molar-refractivity contribution in [3.05, 3.63) is 11.1 Å². The number of hydrogen-bond donors (Lipinski definition) is 0. The second-order valence-electron chi connectivity index (χ2n) is 2.60. The number of aryl methyl sites for hydroxylation is 1. The Morgan fingerprint density at radius 1 is 1.54 bits per heavy atom. The molecule has 0 fully saturated rings. The third-order valence-corrected chi connectivity index (χ3v) is 3.32. The molecule has 1 aromatic heterocycles. The van der Waals surface area contributed by atoms with Crippen molar-refractivity contribution in [2.75, 3.05) is 11.5 Å². The van der Waals surface area contributed by atoms with Gasteiger partial charge < -0.3 is 4.57 Å². The van der Waals surface area contributed by atoms with E-state index < -0.39 is 10.8 Å². The second kappa shape index (κ2) is 4.72. The van der Waals surface area contributed by atoms with Gasteiger partial charge in [-0.2, -0.15) is 0 Å². The second-order valence-corrected chi connectivity index (χ2v) is 4.80. The van der Waals surface area contributed by atoms with Crippen molar-refractivity contribution in [3.63, 3.8) is 0 Å². The molecule has 0 bridgehead atoms. The fraction of sp³-hybridized carbons (Fsp3) is 0.714. The lowest BCUT2D eigenvalue weighted by atomic mass is 10.6. The average Bonchev–Trinajstić information content (AvgIpc) is 2.43. The third-order valence-electron chi connectivity index (χ3n) is 1.76. The van der Waals surface area contributed by atoms with Gasteiger partial charge in [0.25, 0.3) is 0 Å². The van der Waals surface area contributed by atoms with E-state index >= 15 is 0 Å². The minimum atomic E-state index is -0.763. The summed E-state index contributed by atoms with van der Waals surface area (Å²) in [6.07, 6.45) is 0. The van der Waals surface area contributed by atoms with Gasteiger partial charge in [0.05, 0.1) is 0 Å². The van der Waals surface area contributed by atoms with Crippen LogP contribution < -0.4 is 0 Å². The molecule has 74 valence electrons. The first-order chi connectivity index (χ1) is 6.15. The first-order valence-electron chi connectivity index (χ1n) is 4.05. The van der Waals surface area contributed by atoms with Crippen LogP contribution in [0.3, 0.4) is 0 Å². The van der Waals surface area contributed by atoms with E-state index in [1.165, 1.54) is 0 Å². The molecular formula is C7H12ClN3OS. The molecule has 1 unspecified atom stereocenters. The molecule has 0 radical (unpaired) electrons. The molecule has 0 amide bonds. The van der Waals surface area contributed by atoms with Crippen LogP contribution in [-0.2, 0) is 17.3 Å². The summed E-state index contributed by atoms with van der Waals surface area (Å²) in [5.74, 6) is 2.05. The third kappa shape index (κ3) is 2.77. The highest BCUT2D eigenvalue weighted by Crippen LogP contribution is 2.06. The monoisotopic (exact) mass is 221 g/mol. The maximum Gasteiger partial charge on any atom is 0.225 e. The molecule has 1 aromatic rings. The average molecular weight is 222 g/mol. The van der Waals surface area contributed by atoms with E-state index in [0.29, 0.717) is 23.3 Å². The molecule has 0 aliphatic carbocycles. The zero-order chi connectivity index (χ0) is 9.84. The Balaban J connectivity index is 2.58. The standard InChI is InChI=1S/C7H12ClN3OS/c1-3-13(12)5-4-11-6(2)9-10-7(11)8/h3-5H2,1-2H3. The van der Waals surface area contributed by atoms with Gasteiger partial charge in [-0.1, -0.05) is 6.92 Å². The minimum absolute atomic E-state index is 0.366. The van der Waals surface area contributed by atoms with Crippen LogP contribution >= 0.6 is 11.6 Å². The van der Waals surface area contributed by atoms with E-state index in [9.17, 15) is 4.21 Å². The lowest BCUT2D eigenvalue weighted by molar-refractivity contribution is 0.670. The number of aromatic nitrogens is 3. The van der Waals surface area contributed by atoms with E-state index in [4.69, 9.17) is 11.6 Å². The van der Waals surface area contributed by atoms with Crippen molar-refractivity contribution in [2.24, 2.45) is 0 Å². The first-order valence-corrected chi connectivity index (χ1v) is 5.92. The summed E-state index contributed by atoms with van der Waals surface area (Å²) in [4.78, 5) is 0. The van der Waals surface area contributed by atoms with Crippen molar-refractivity contribution < 1.29 is 4.21 Å². The molecule has 0 saturated carbocycles. The zero-order valence-corrected chi connectivity index (χ0v) is 9.23. The van der Waals surface area contributed by atoms with Crippen molar-refractivity contribution in [1.82, 2.24) is 14.8 Å². The fourth-order valence-electron chi connectivity index (χ4n) is 0.947. The molecule has 1 heterocycles. The number of hydrogen-bond acceptors (Lipinski definition) is 3. The van der Waals surface area contributed by atoms with Crippen molar-refractivity contribution in [2.45, 2.75) is 20.4 Å². The van der Waals surface area contributed by atoms with E-state index in [-0.39, 0.29) is 0 Å². The molecule has 1 rings (SSSR count). The molecule has 13 heavy (non-hydrogen) atoms. The summed E-state index contributed by atoms with van der Waals surface area (Å²) in [7, 11) is -0.763. The summed E-state index contributed by atoms with van der Waals surface area (Å²) in [5, 5.41) is 7.87. The van der Waals surface area contributed by atoms with Gasteiger partial charge in [0.2, 0.25) is 5.28 Å². The summed E-state index contributed by atoms with van der Waals surface area (Å²) >= 11 is 5.76. The molecule has 0 aliphatic heterocycles. The predicted octanol–water partition coefficient (Wildman–Crippen LogP) is 1.01. The normalized spacial score (nSPS) is 13.2. The number of halogens is 1. The molecule has 4 nitrogen and oxygen atoms in total. The van der Waals surface area contributed by atoms with E-state index in [2.05, 4.69) is 10.2 Å². The van der Waals surface area contributed by atoms with Gasteiger partial charge in [0.1, 0.15) is 5.82 Å². The predicted molar refractivity (Wildman–Crippen MR) is 53.3 cm³/mol. The van der Waals surface area contributed by atoms with Crippen molar-refractivity contribution in [1.29, 1.82) is 0 Å². The van der Waals surface area contributed by atoms with Crippen molar-refractivity contribution in [3.8, 4) is 0 Å². The highest BCUT2D eigenvalue weighted by atomic mass is 35.5. The molecule has 0 spiro atoms. The Hall–Kier alpha value is -0.420. The van der Waals surface area contributed by atoms with Gasteiger partial charge in [0.15, 0.2) is 0 Å². The number of rotatable bonds is 4. The maximum atomic E-state index is 11.1. The van der Waals surface area contributed by atoms with E-state index in [1.54, 1.807) is 4.57 Å². The molecule has 1 atom stereocenters. The largest absolute Gasteiger partial charge is 0.301 e. The zero-order valence-electron chi connectivity index (χ0n) is 7.66. The molecule has 0 aromatic carbocycles. The van der Waals surface area contributed by atoms with Gasteiger partial charge in [-0.15, -0.1) is 10.2 Å². The van der Waals surface area contributed by atoms with Crippen LogP contribution in [0.4, 0.5) is 0 Å². The summed E-state index contributed by atoms with van der Waals surface area (Å²) in [6.45, 7) is 4.35. The van der Waals surface area contributed by atoms with Gasteiger partial charge in [-0.3, -0.25) is 4.21 Å². The van der Waals surface area contributed by atoms with Crippen LogP contribution in [0.25, 0.3) is 0 Å². The Bertz CT molecular complexity index is 293. The quantitative estimate of drug-likeness (QED) is 0.763. The fourth-order valence-corrected chi connectivity index (χ4v) is 1.87. The van der Waals surface area contributed by atoms with Gasteiger partial charge in [-0.25, -0.2) is 0 Å². The van der Waals surface area contributed by atoms with Crippen LogP contribution in [0.5, 0.6) is 0 Å². The Morgan fingerprint density at radius 2 is 2.23 bits per heavy atom. The minimum Gasteiger partial charge on any atom is -0.301 e. The smallest absolute Gasteiger partial charge is 0.225 e. The Labute approximate surface area is 84.8 Å². The highest BCUT2D eigenvalue weighted by molar-refractivity contribution is 7.84. The lowest BCUT2D eigenvalue weighted by Crippen LogP contribution is -2.10. The summed E-state index contributed by atoms with van der Waals surface area (Å²) < 4.78 is 12.9. The highest BCUT2D eigenvalue weighted by Gasteiger charge is 2.06. The van der Waals surface area contributed by atoms with Crippen LogP contribution in [-0.4, -0.2) is 30.5 Å². The molecule has 0 N–H and O–H groups in total. The van der Waals surface area contributed by atoms with E-state index in [0.717, 1.165) is 5.82 Å². The van der Waals surface area contributed by atoms with Crippen LogP contribution in [0, 0.1) is 6.92 Å². The van der Waals surface area contributed by atoms with Crippen molar-refractivity contribution >= 4 is 22.4 Å².